The lowest BCUT2D eigenvalue weighted by Crippen LogP contribution is -2.38. The molecule has 0 aliphatic carbocycles. The Bertz CT molecular complexity index is 904. The second kappa shape index (κ2) is 9.07. The molecule has 0 N–H and O–H groups in total. The van der Waals surface area contributed by atoms with Gasteiger partial charge >= 0.3 is 0 Å². The van der Waals surface area contributed by atoms with Crippen molar-refractivity contribution in [2.24, 2.45) is 0 Å². The molecule has 1 aliphatic rings. The van der Waals surface area contributed by atoms with Crippen molar-refractivity contribution in [2.45, 2.75) is 46.0 Å². The minimum atomic E-state index is -0.418. The SMILES string of the molecule is CCCCC#Cc1ccc2c3c(cccc13)C(=O)N(OSCCCC)C2=O. The third-order valence-corrected chi connectivity index (χ3v) is 5.17. The number of nitrogens with zero attached hydrogens (tertiary/aromatic N) is 1. The fourth-order valence-electron chi connectivity index (χ4n) is 2.97. The molecule has 140 valence electrons. The van der Waals surface area contributed by atoms with E-state index in [1.807, 2.05) is 18.2 Å². The van der Waals surface area contributed by atoms with Gasteiger partial charge in [-0.1, -0.05) is 50.7 Å². The van der Waals surface area contributed by atoms with E-state index >= 15 is 0 Å². The Balaban J connectivity index is 1.96. The first kappa shape index (κ1) is 19.5. The average molecular weight is 381 g/mol. The van der Waals surface area contributed by atoms with E-state index < -0.39 is 11.8 Å². The average Bonchev–Trinajstić information content (AvgIpc) is 2.69. The molecule has 1 aliphatic heterocycles. The maximum Gasteiger partial charge on any atom is 0.286 e. The van der Waals surface area contributed by atoms with Crippen LogP contribution in [0.1, 0.15) is 72.2 Å². The highest BCUT2D eigenvalue weighted by molar-refractivity contribution is 7.94. The molecule has 0 saturated carbocycles. The van der Waals surface area contributed by atoms with Crippen LogP contribution in [0.15, 0.2) is 30.3 Å². The fourth-order valence-corrected chi connectivity index (χ4v) is 3.69. The summed E-state index contributed by atoms with van der Waals surface area (Å²) in [5.74, 6) is 6.27. The molecule has 0 saturated heterocycles. The van der Waals surface area contributed by atoms with Crippen LogP contribution in [0.2, 0.25) is 0 Å². The molecule has 3 rings (SSSR count). The molecule has 2 amide bonds. The van der Waals surface area contributed by atoms with E-state index in [1.54, 1.807) is 12.1 Å². The van der Waals surface area contributed by atoms with Gasteiger partial charge in [-0.2, -0.15) is 4.28 Å². The first-order valence-electron chi connectivity index (χ1n) is 9.42. The second-order valence-corrected chi connectivity index (χ2v) is 7.24. The lowest BCUT2D eigenvalue weighted by molar-refractivity contribution is -0.00751. The van der Waals surface area contributed by atoms with Crippen molar-refractivity contribution in [3.8, 4) is 11.8 Å². The third kappa shape index (κ3) is 4.02. The lowest BCUT2D eigenvalue weighted by Gasteiger charge is -2.25. The number of unbranched alkanes of at least 4 members (excludes halogenated alkanes) is 3. The Morgan fingerprint density at radius 1 is 1.00 bits per heavy atom. The van der Waals surface area contributed by atoms with Gasteiger partial charge in [-0.25, -0.2) is 0 Å². The molecule has 0 aromatic heterocycles. The van der Waals surface area contributed by atoms with Crippen molar-refractivity contribution in [1.82, 2.24) is 5.06 Å². The van der Waals surface area contributed by atoms with E-state index in [2.05, 4.69) is 25.7 Å². The maximum absolute atomic E-state index is 12.8. The minimum absolute atomic E-state index is 0.418. The molecule has 2 aromatic rings. The molecule has 0 bridgehead atoms. The third-order valence-electron chi connectivity index (χ3n) is 4.46. The molecule has 5 heteroatoms. The predicted molar refractivity (Wildman–Crippen MR) is 109 cm³/mol. The Morgan fingerprint density at radius 2 is 1.74 bits per heavy atom. The predicted octanol–water partition coefficient (Wildman–Crippen LogP) is 5.36. The van der Waals surface area contributed by atoms with E-state index in [0.29, 0.717) is 16.5 Å². The zero-order valence-corrected chi connectivity index (χ0v) is 16.5. The molecule has 0 spiro atoms. The Hall–Kier alpha value is -2.29. The number of imide groups is 1. The highest BCUT2D eigenvalue weighted by atomic mass is 32.2. The lowest BCUT2D eigenvalue weighted by atomic mass is 9.92. The highest BCUT2D eigenvalue weighted by Gasteiger charge is 2.34. The molecule has 0 fully saturated rings. The van der Waals surface area contributed by atoms with Gasteiger partial charge in [0.25, 0.3) is 11.8 Å². The van der Waals surface area contributed by atoms with E-state index in [-0.39, 0.29) is 0 Å². The molecule has 0 unspecified atom stereocenters. The van der Waals surface area contributed by atoms with Crippen molar-refractivity contribution in [2.75, 3.05) is 5.75 Å². The molecular weight excluding hydrogens is 358 g/mol. The van der Waals surface area contributed by atoms with E-state index in [9.17, 15) is 9.59 Å². The molecular formula is C22H23NO3S. The summed E-state index contributed by atoms with van der Waals surface area (Å²) >= 11 is 1.14. The minimum Gasteiger partial charge on any atom is -0.266 e. The summed E-state index contributed by atoms with van der Waals surface area (Å²) in [6, 6.07) is 9.09. The highest BCUT2D eigenvalue weighted by Crippen LogP contribution is 2.33. The number of amides is 2. The zero-order valence-electron chi connectivity index (χ0n) is 15.7. The Kier molecular flexibility index (Phi) is 6.54. The van der Waals surface area contributed by atoms with Crippen molar-refractivity contribution in [3.63, 3.8) is 0 Å². The van der Waals surface area contributed by atoms with Gasteiger partial charge in [-0.3, -0.25) is 9.59 Å². The summed E-state index contributed by atoms with van der Waals surface area (Å²) in [5.41, 5.74) is 1.81. The quantitative estimate of drug-likeness (QED) is 0.280. The fraction of sp³-hybridized carbons (Fsp3) is 0.364. The van der Waals surface area contributed by atoms with Gasteiger partial charge in [0.15, 0.2) is 0 Å². The first-order valence-corrected chi connectivity index (χ1v) is 10.3. The second-order valence-electron chi connectivity index (χ2n) is 6.45. The van der Waals surface area contributed by atoms with E-state index in [1.165, 1.54) is 0 Å². The largest absolute Gasteiger partial charge is 0.286 e. The van der Waals surface area contributed by atoms with Gasteiger partial charge in [-0.05, 0) is 36.4 Å². The van der Waals surface area contributed by atoms with Crippen LogP contribution in [0, 0.1) is 11.8 Å². The van der Waals surface area contributed by atoms with Gasteiger partial charge < -0.3 is 0 Å². The number of carbonyl (C=O) groups excluding carboxylic acids is 2. The molecule has 2 aromatic carbocycles. The standard InChI is InChI=1S/C22H23NO3S/c1-3-5-7-8-10-16-13-14-19-20-17(16)11-9-12-18(20)21(24)23(22(19)25)26-27-15-6-4-2/h9,11-14H,3-7,15H2,1-2H3. The van der Waals surface area contributed by atoms with E-state index in [0.717, 1.165) is 65.9 Å². The Morgan fingerprint density at radius 3 is 2.48 bits per heavy atom. The van der Waals surface area contributed by atoms with Gasteiger partial charge in [0, 0.05) is 35.2 Å². The van der Waals surface area contributed by atoms with Crippen LogP contribution in [0.5, 0.6) is 0 Å². The summed E-state index contributed by atoms with van der Waals surface area (Å²) in [7, 11) is 0. The summed E-state index contributed by atoms with van der Waals surface area (Å²) in [4.78, 5) is 25.6. The van der Waals surface area contributed by atoms with Gasteiger partial charge in [0.1, 0.15) is 0 Å². The zero-order chi connectivity index (χ0) is 19.2. The van der Waals surface area contributed by atoms with Crippen molar-refractivity contribution >= 4 is 34.6 Å². The molecule has 0 atom stereocenters. The number of benzene rings is 2. The van der Waals surface area contributed by atoms with Crippen molar-refractivity contribution in [1.29, 1.82) is 0 Å². The summed E-state index contributed by atoms with van der Waals surface area (Å²) in [5, 5.41) is 2.39. The Labute approximate surface area is 164 Å². The molecule has 1 heterocycles. The van der Waals surface area contributed by atoms with Gasteiger partial charge in [-0.15, -0.1) is 5.06 Å². The topological polar surface area (TPSA) is 46.6 Å². The van der Waals surface area contributed by atoms with Gasteiger partial charge in [0.2, 0.25) is 0 Å². The molecule has 0 radical (unpaired) electrons. The number of rotatable bonds is 7. The van der Waals surface area contributed by atoms with Crippen molar-refractivity contribution in [3.05, 3.63) is 47.0 Å². The van der Waals surface area contributed by atoms with Crippen LogP contribution in [-0.2, 0) is 4.28 Å². The number of hydrogen-bond acceptors (Lipinski definition) is 4. The van der Waals surface area contributed by atoms with Gasteiger partial charge in [0.05, 0.1) is 11.1 Å². The summed E-state index contributed by atoms with van der Waals surface area (Å²) < 4.78 is 5.44. The molecule has 27 heavy (non-hydrogen) atoms. The smallest absolute Gasteiger partial charge is 0.266 e. The summed E-state index contributed by atoms with van der Waals surface area (Å²) in [6.07, 6.45) is 5.00. The summed E-state index contributed by atoms with van der Waals surface area (Å²) in [6.45, 7) is 4.22. The molecule has 4 nitrogen and oxygen atoms in total. The van der Waals surface area contributed by atoms with Crippen LogP contribution in [0.4, 0.5) is 0 Å². The monoisotopic (exact) mass is 381 g/mol. The van der Waals surface area contributed by atoms with Crippen LogP contribution >= 0.6 is 12.0 Å². The van der Waals surface area contributed by atoms with Crippen LogP contribution < -0.4 is 0 Å². The normalized spacial score (nSPS) is 13.0. The maximum atomic E-state index is 12.8. The number of hydrogen-bond donors (Lipinski definition) is 0. The van der Waals surface area contributed by atoms with Crippen molar-refractivity contribution < 1.29 is 13.9 Å². The van der Waals surface area contributed by atoms with Crippen LogP contribution in [0.25, 0.3) is 10.8 Å². The number of hydroxylamine groups is 2. The number of carbonyl (C=O) groups is 2. The van der Waals surface area contributed by atoms with Crippen LogP contribution in [-0.4, -0.2) is 22.6 Å². The first-order chi connectivity index (χ1) is 13.2. The van der Waals surface area contributed by atoms with Crippen LogP contribution in [0.3, 0.4) is 0 Å². The van der Waals surface area contributed by atoms with E-state index in [4.69, 9.17) is 4.28 Å².